The van der Waals surface area contributed by atoms with Crippen molar-refractivity contribution in [1.29, 1.82) is 0 Å². The van der Waals surface area contributed by atoms with Crippen LogP contribution < -0.4 is 0 Å². The number of nitrogens with zero attached hydrogens (tertiary/aromatic N) is 2. The van der Waals surface area contributed by atoms with Crippen LogP contribution in [0.1, 0.15) is 6.42 Å². The maximum atomic E-state index is 5.00. The number of methoxy groups -OCH3 is 1. The number of ether oxygens (including phenoxy) is 1. The van der Waals surface area contributed by atoms with Gasteiger partial charge in [0.25, 0.3) is 0 Å². The van der Waals surface area contributed by atoms with E-state index in [1.165, 1.54) is 19.6 Å². The second-order valence-electron chi connectivity index (χ2n) is 3.72. The van der Waals surface area contributed by atoms with Crippen molar-refractivity contribution in [2.24, 2.45) is 0 Å². The molecule has 0 aromatic rings. The Morgan fingerprint density at radius 1 is 1.42 bits per heavy atom. The first-order valence-electron chi connectivity index (χ1n) is 4.61. The van der Waals surface area contributed by atoms with Gasteiger partial charge in [-0.15, -0.1) is 0 Å². The van der Waals surface area contributed by atoms with Gasteiger partial charge in [0.1, 0.15) is 0 Å². The van der Waals surface area contributed by atoms with Crippen LogP contribution in [0.25, 0.3) is 0 Å². The molecule has 1 fully saturated rings. The Labute approximate surface area is 75.3 Å². The quantitative estimate of drug-likeness (QED) is 0.554. The Morgan fingerprint density at radius 3 is 2.58 bits per heavy atom. The van der Waals surface area contributed by atoms with Crippen LogP contribution in [0.4, 0.5) is 0 Å². The van der Waals surface area contributed by atoms with E-state index in [1.807, 2.05) is 0 Å². The van der Waals surface area contributed by atoms with Crippen LogP contribution in [0.3, 0.4) is 0 Å². The lowest BCUT2D eigenvalue weighted by molar-refractivity contribution is 0.0555. The van der Waals surface area contributed by atoms with Crippen LogP contribution in [-0.2, 0) is 4.74 Å². The van der Waals surface area contributed by atoms with Crippen molar-refractivity contribution in [2.45, 2.75) is 12.5 Å². The van der Waals surface area contributed by atoms with Crippen molar-refractivity contribution in [3.63, 3.8) is 0 Å². The predicted molar refractivity (Wildman–Crippen MR) is 50.4 cm³/mol. The molecule has 3 nitrogen and oxygen atoms in total. The van der Waals surface area contributed by atoms with Crippen molar-refractivity contribution < 1.29 is 4.74 Å². The number of hydrogen-bond donors (Lipinski definition) is 0. The van der Waals surface area contributed by atoms with Gasteiger partial charge >= 0.3 is 0 Å². The van der Waals surface area contributed by atoms with Gasteiger partial charge in [0.2, 0.25) is 0 Å². The minimum Gasteiger partial charge on any atom is -0.385 e. The van der Waals surface area contributed by atoms with Crippen LogP contribution in [-0.4, -0.2) is 63.3 Å². The third-order valence-electron chi connectivity index (χ3n) is 2.49. The second kappa shape index (κ2) is 4.80. The molecule has 3 heteroatoms. The molecule has 0 aliphatic carbocycles. The average molecular weight is 172 g/mol. The first-order chi connectivity index (χ1) is 5.74. The molecule has 0 unspecified atom stereocenters. The summed E-state index contributed by atoms with van der Waals surface area (Å²) < 4.78 is 5.00. The zero-order valence-corrected chi connectivity index (χ0v) is 8.42. The smallest absolute Gasteiger partial charge is 0.0474 e. The number of hydrogen-bond acceptors (Lipinski definition) is 3. The van der Waals surface area contributed by atoms with E-state index in [9.17, 15) is 0 Å². The van der Waals surface area contributed by atoms with E-state index < -0.39 is 0 Å². The maximum Gasteiger partial charge on any atom is 0.0474 e. The lowest BCUT2D eigenvalue weighted by atomic mass is 10.1. The fourth-order valence-electron chi connectivity index (χ4n) is 1.48. The monoisotopic (exact) mass is 172 g/mol. The lowest BCUT2D eigenvalue weighted by Gasteiger charge is -2.42. The topological polar surface area (TPSA) is 15.7 Å². The van der Waals surface area contributed by atoms with E-state index in [2.05, 4.69) is 23.9 Å². The molecular formula is C9H20N2O. The molecule has 1 aliphatic rings. The fraction of sp³-hybridized carbons (Fsp3) is 1.00. The Bertz CT molecular complexity index is 122. The van der Waals surface area contributed by atoms with E-state index in [1.54, 1.807) is 7.11 Å². The summed E-state index contributed by atoms with van der Waals surface area (Å²) in [7, 11) is 6.06. The van der Waals surface area contributed by atoms with E-state index in [0.717, 1.165) is 19.1 Å². The van der Waals surface area contributed by atoms with E-state index in [4.69, 9.17) is 4.74 Å². The van der Waals surface area contributed by atoms with Crippen LogP contribution in [0.2, 0.25) is 0 Å². The van der Waals surface area contributed by atoms with Gasteiger partial charge in [0, 0.05) is 39.4 Å². The van der Waals surface area contributed by atoms with Crippen LogP contribution in [0.5, 0.6) is 0 Å². The normalized spacial score (nSPS) is 20.0. The largest absolute Gasteiger partial charge is 0.385 e. The molecule has 0 spiro atoms. The summed E-state index contributed by atoms with van der Waals surface area (Å²) in [6.45, 7) is 4.55. The molecule has 1 saturated heterocycles. The molecule has 12 heavy (non-hydrogen) atoms. The zero-order valence-electron chi connectivity index (χ0n) is 8.42. The summed E-state index contributed by atoms with van der Waals surface area (Å²) in [4.78, 5) is 4.77. The van der Waals surface area contributed by atoms with Crippen molar-refractivity contribution in [1.82, 2.24) is 9.80 Å². The highest BCUT2D eigenvalue weighted by molar-refractivity contribution is 4.84. The van der Waals surface area contributed by atoms with E-state index >= 15 is 0 Å². The lowest BCUT2D eigenvalue weighted by Crippen LogP contribution is -2.57. The van der Waals surface area contributed by atoms with Gasteiger partial charge in [0.15, 0.2) is 0 Å². The van der Waals surface area contributed by atoms with Crippen LogP contribution in [0.15, 0.2) is 0 Å². The molecule has 0 radical (unpaired) electrons. The minimum atomic E-state index is 0.785. The van der Waals surface area contributed by atoms with Gasteiger partial charge in [-0.3, -0.25) is 0 Å². The van der Waals surface area contributed by atoms with E-state index in [0.29, 0.717) is 0 Å². The molecule has 0 aromatic heterocycles. The van der Waals surface area contributed by atoms with Crippen molar-refractivity contribution in [3.05, 3.63) is 0 Å². The highest BCUT2D eigenvalue weighted by atomic mass is 16.5. The summed E-state index contributed by atoms with van der Waals surface area (Å²) in [6, 6.07) is 0.785. The number of rotatable bonds is 5. The maximum absolute atomic E-state index is 5.00. The Hall–Kier alpha value is -0.120. The third-order valence-corrected chi connectivity index (χ3v) is 2.49. The van der Waals surface area contributed by atoms with Gasteiger partial charge in [-0.05, 0) is 20.5 Å². The predicted octanol–water partition coefficient (Wildman–Crippen LogP) is 0.269. The van der Waals surface area contributed by atoms with E-state index in [-0.39, 0.29) is 0 Å². The molecule has 1 rings (SSSR count). The highest BCUT2D eigenvalue weighted by Crippen LogP contribution is 2.11. The van der Waals surface area contributed by atoms with Gasteiger partial charge in [0.05, 0.1) is 0 Å². The van der Waals surface area contributed by atoms with Crippen LogP contribution >= 0.6 is 0 Å². The summed E-state index contributed by atoms with van der Waals surface area (Å²) in [5, 5.41) is 0. The Kier molecular flexibility index (Phi) is 3.98. The molecule has 0 aromatic carbocycles. The highest BCUT2D eigenvalue weighted by Gasteiger charge is 2.26. The molecule has 0 amide bonds. The SMILES string of the molecule is COCCCN1CC(N(C)C)C1. The number of likely N-dealkylation sites (N-methyl/N-ethyl adjacent to an activating group) is 1. The van der Waals surface area contributed by atoms with Crippen molar-refractivity contribution >= 4 is 0 Å². The van der Waals surface area contributed by atoms with Crippen molar-refractivity contribution in [3.8, 4) is 0 Å². The second-order valence-corrected chi connectivity index (χ2v) is 3.72. The fourth-order valence-corrected chi connectivity index (χ4v) is 1.48. The summed E-state index contributed by atoms with van der Waals surface area (Å²) in [6.07, 6.45) is 1.16. The molecule has 0 atom stereocenters. The molecular weight excluding hydrogens is 152 g/mol. The van der Waals surface area contributed by atoms with Gasteiger partial charge in [-0.25, -0.2) is 0 Å². The zero-order chi connectivity index (χ0) is 8.97. The van der Waals surface area contributed by atoms with Crippen molar-refractivity contribution in [2.75, 3.05) is 47.4 Å². The molecule has 0 saturated carbocycles. The molecule has 0 bridgehead atoms. The summed E-state index contributed by atoms with van der Waals surface area (Å²) >= 11 is 0. The minimum absolute atomic E-state index is 0.785. The molecule has 72 valence electrons. The number of likely N-dealkylation sites (tertiary alicyclic amines) is 1. The standard InChI is InChI=1S/C9H20N2O/c1-10(2)9-7-11(8-9)5-4-6-12-3/h9H,4-8H2,1-3H3. The average Bonchev–Trinajstić information content (AvgIpc) is 1.93. The van der Waals surface area contributed by atoms with Gasteiger partial charge in [-0.2, -0.15) is 0 Å². The Balaban J connectivity index is 1.95. The first kappa shape index (κ1) is 9.96. The molecule has 1 heterocycles. The third kappa shape index (κ3) is 2.73. The van der Waals surface area contributed by atoms with Gasteiger partial charge in [-0.1, -0.05) is 0 Å². The molecule has 1 aliphatic heterocycles. The first-order valence-corrected chi connectivity index (χ1v) is 4.61. The molecule has 0 N–H and O–H groups in total. The van der Waals surface area contributed by atoms with Crippen LogP contribution in [0, 0.1) is 0 Å². The summed E-state index contributed by atoms with van der Waals surface area (Å²) in [5.74, 6) is 0. The van der Waals surface area contributed by atoms with Gasteiger partial charge < -0.3 is 14.5 Å². The summed E-state index contributed by atoms with van der Waals surface area (Å²) in [5.41, 5.74) is 0. The Morgan fingerprint density at radius 2 is 2.08 bits per heavy atom.